The average Bonchev–Trinajstić information content (AvgIpc) is 3.34. The van der Waals surface area contributed by atoms with E-state index in [-0.39, 0.29) is 35.8 Å². The fourth-order valence-corrected chi connectivity index (χ4v) is 6.73. The fourth-order valence-electron chi connectivity index (χ4n) is 6.73. The van der Waals surface area contributed by atoms with Crippen molar-refractivity contribution in [3.8, 4) is 22.6 Å². The summed E-state index contributed by atoms with van der Waals surface area (Å²) in [5.74, 6) is -1.17. The van der Waals surface area contributed by atoms with Crippen molar-refractivity contribution in [1.82, 2.24) is 25.4 Å². The van der Waals surface area contributed by atoms with E-state index in [1.807, 2.05) is 38.1 Å². The second-order valence-corrected chi connectivity index (χ2v) is 11.1. The minimum absolute atomic E-state index is 0.150. The number of nitrogens with zero attached hydrogens (tertiary/aromatic N) is 5. The number of fused-ring (bicyclic) bond motifs is 5. The molecule has 206 valence electrons. The molecule has 3 aromatic heterocycles. The van der Waals surface area contributed by atoms with Crippen molar-refractivity contribution in [2.75, 3.05) is 13.2 Å². The molecule has 4 aromatic rings. The van der Waals surface area contributed by atoms with Crippen molar-refractivity contribution in [2.24, 2.45) is 5.41 Å². The molecule has 2 aliphatic carbocycles. The van der Waals surface area contributed by atoms with Gasteiger partial charge in [-0.15, -0.1) is 10.2 Å². The second-order valence-electron chi connectivity index (χ2n) is 11.1. The standard InChI is InChI=1S/C29H25F2N5O2.C2H6/c1-27(2)17-11-12-29(27,26-16(17)13-22(34-36-26)25-18(30)5-3-6-19(25)31)24-8-4-7-20(32-24)21-9-10-23(35-33-21)28(37)14-38-15-28;1-2/h3-10,13,17,37H,11-12,14-15H2,1-2H3;1-2H3. The molecule has 9 heteroatoms. The molecule has 1 saturated carbocycles. The zero-order valence-corrected chi connectivity index (χ0v) is 22.9. The highest BCUT2D eigenvalue weighted by Gasteiger charge is 2.65. The van der Waals surface area contributed by atoms with E-state index >= 15 is 0 Å². The van der Waals surface area contributed by atoms with Crippen molar-refractivity contribution in [1.29, 1.82) is 0 Å². The molecule has 2 atom stereocenters. The van der Waals surface area contributed by atoms with Gasteiger partial charge in [-0.1, -0.05) is 39.8 Å². The van der Waals surface area contributed by atoms with Gasteiger partial charge in [0, 0.05) is 0 Å². The summed E-state index contributed by atoms with van der Waals surface area (Å²) in [6.07, 6.45) is 1.75. The first kappa shape index (κ1) is 26.5. The maximum Gasteiger partial charge on any atom is 0.155 e. The second kappa shape index (κ2) is 9.45. The van der Waals surface area contributed by atoms with Gasteiger partial charge in [-0.3, -0.25) is 4.98 Å². The van der Waals surface area contributed by atoms with Crippen LogP contribution in [0.1, 0.15) is 69.1 Å². The van der Waals surface area contributed by atoms with Crippen LogP contribution in [0.5, 0.6) is 0 Å². The number of halogens is 2. The number of ether oxygens (including phenoxy) is 1. The fraction of sp³-hybridized carbons (Fsp3) is 0.387. The number of pyridine rings is 1. The Labute approximate surface area is 231 Å². The lowest BCUT2D eigenvalue weighted by molar-refractivity contribution is -0.187. The zero-order valence-electron chi connectivity index (χ0n) is 22.9. The van der Waals surface area contributed by atoms with Crippen molar-refractivity contribution >= 4 is 0 Å². The Morgan fingerprint density at radius 2 is 1.52 bits per heavy atom. The molecule has 7 nitrogen and oxygen atoms in total. The van der Waals surface area contributed by atoms with E-state index in [9.17, 15) is 13.9 Å². The summed E-state index contributed by atoms with van der Waals surface area (Å²) in [7, 11) is 0. The van der Waals surface area contributed by atoms with Crippen LogP contribution in [-0.4, -0.2) is 43.7 Å². The van der Waals surface area contributed by atoms with Crippen LogP contribution in [0.3, 0.4) is 0 Å². The molecule has 40 heavy (non-hydrogen) atoms. The van der Waals surface area contributed by atoms with Gasteiger partial charge < -0.3 is 9.84 Å². The molecule has 0 spiro atoms. The third-order valence-corrected chi connectivity index (χ3v) is 8.87. The predicted molar refractivity (Wildman–Crippen MR) is 145 cm³/mol. The average molecular weight is 544 g/mol. The Morgan fingerprint density at radius 1 is 0.825 bits per heavy atom. The number of hydrogen-bond acceptors (Lipinski definition) is 7. The van der Waals surface area contributed by atoms with Gasteiger partial charge in [0.15, 0.2) is 5.60 Å². The van der Waals surface area contributed by atoms with Gasteiger partial charge in [0.2, 0.25) is 0 Å². The van der Waals surface area contributed by atoms with Crippen LogP contribution in [0.2, 0.25) is 0 Å². The van der Waals surface area contributed by atoms with Crippen LogP contribution in [0.4, 0.5) is 8.78 Å². The van der Waals surface area contributed by atoms with Gasteiger partial charge in [0.25, 0.3) is 0 Å². The Morgan fingerprint density at radius 3 is 2.17 bits per heavy atom. The van der Waals surface area contributed by atoms with E-state index in [1.165, 1.54) is 18.2 Å². The summed E-state index contributed by atoms with van der Waals surface area (Å²) in [6.45, 7) is 8.83. The third-order valence-electron chi connectivity index (χ3n) is 8.87. The van der Waals surface area contributed by atoms with Crippen LogP contribution in [0.25, 0.3) is 22.6 Å². The number of benzene rings is 1. The van der Waals surface area contributed by atoms with Crippen LogP contribution < -0.4 is 0 Å². The van der Waals surface area contributed by atoms with Gasteiger partial charge in [-0.05, 0) is 72.2 Å². The molecule has 7 rings (SSSR count). The molecule has 0 radical (unpaired) electrons. The first-order valence-electron chi connectivity index (χ1n) is 13.7. The smallest absolute Gasteiger partial charge is 0.155 e. The third kappa shape index (κ3) is 3.64. The highest BCUT2D eigenvalue weighted by molar-refractivity contribution is 5.64. The number of aliphatic hydroxyl groups is 1. The molecular weight excluding hydrogens is 512 g/mol. The highest BCUT2D eigenvalue weighted by atomic mass is 19.1. The minimum atomic E-state index is -1.08. The summed E-state index contributed by atoms with van der Waals surface area (Å²) >= 11 is 0. The van der Waals surface area contributed by atoms with Crippen LogP contribution in [-0.2, 0) is 15.8 Å². The first-order chi connectivity index (χ1) is 19.2. The van der Waals surface area contributed by atoms with Gasteiger partial charge in [-0.2, -0.15) is 10.2 Å². The minimum Gasteiger partial charge on any atom is -0.379 e. The summed E-state index contributed by atoms with van der Waals surface area (Å²) in [5, 5.41) is 28.0. The molecule has 3 aliphatic rings. The molecule has 0 amide bonds. The molecule has 2 fully saturated rings. The van der Waals surface area contributed by atoms with Crippen molar-refractivity contribution in [2.45, 2.75) is 57.5 Å². The highest BCUT2D eigenvalue weighted by Crippen LogP contribution is 2.69. The topological polar surface area (TPSA) is 93.9 Å². The van der Waals surface area contributed by atoms with Crippen LogP contribution >= 0.6 is 0 Å². The SMILES string of the molecule is CC.CC1(C)C2CCC1(c1cccc(-c3ccc(C4(O)COC4)nn3)n1)c1nnc(-c3c(F)cccc3F)cc12. The van der Waals surface area contributed by atoms with Crippen molar-refractivity contribution in [3.63, 3.8) is 0 Å². The molecule has 1 N–H and O–H groups in total. The predicted octanol–water partition coefficient (Wildman–Crippen LogP) is 5.72. The van der Waals surface area contributed by atoms with Crippen molar-refractivity contribution < 1.29 is 18.6 Å². The lowest BCUT2D eigenvalue weighted by Gasteiger charge is -2.37. The maximum absolute atomic E-state index is 14.5. The Hall–Kier alpha value is -3.69. The Balaban J connectivity index is 0.00000142. The van der Waals surface area contributed by atoms with E-state index in [1.54, 1.807) is 12.1 Å². The Bertz CT molecular complexity index is 1570. The van der Waals surface area contributed by atoms with Crippen LogP contribution in [0.15, 0.2) is 54.6 Å². The normalized spacial score (nSPS) is 23.1. The molecular formula is C31H31F2N5O2. The quantitative estimate of drug-likeness (QED) is 0.352. The zero-order chi connectivity index (χ0) is 28.3. The lowest BCUT2D eigenvalue weighted by Crippen LogP contribution is -2.47. The molecule has 1 aromatic carbocycles. The number of rotatable bonds is 4. The van der Waals surface area contributed by atoms with E-state index in [0.717, 1.165) is 29.8 Å². The summed E-state index contributed by atoms with van der Waals surface area (Å²) in [5.41, 5.74) is 2.60. The molecule has 4 heterocycles. The molecule has 2 bridgehead atoms. The lowest BCUT2D eigenvalue weighted by atomic mass is 9.66. The van der Waals surface area contributed by atoms with Crippen LogP contribution in [0, 0.1) is 17.0 Å². The largest absolute Gasteiger partial charge is 0.379 e. The van der Waals surface area contributed by atoms with Gasteiger partial charge in [-0.25, -0.2) is 8.78 Å². The maximum atomic E-state index is 14.5. The van der Waals surface area contributed by atoms with E-state index in [2.05, 4.69) is 34.2 Å². The van der Waals surface area contributed by atoms with E-state index in [4.69, 9.17) is 9.72 Å². The molecule has 2 unspecified atom stereocenters. The molecule has 1 aliphatic heterocycles. The summed E-state index contributed by atoms with van der Waals surface area (Å²) in [4.78, 5) is 5.05. The Kier molecular flexibility index (Phi) is 6.27. The van der Waals surface area contributed by atoms with Gasteiger partial charge in [0.05, 0.1) is 52.7 Å². The molecule has 1 saturated heterocycles. The number of aromatic nitrogens is 5. The van der Waals surface area contributed by atoms with Gasteiger partial charge >= 0.3 is 0 Å². The monoisotopic (exact) mass is 543 g/mol. The van der Waals surface area contributed by atoms with E-state index in [0.29, 0.717) is 17.1 Å². The van der Waals surface area contributed by atoms with Gasteiger partial charge in [0.1, 0.15) is 17.3 Å². The summed E-state index contributed by atoms with van der Waals surface area (Å²) in [6, 6.07) is 15.0. The summed E-state index contributed by atoms with van der Waals surface area (Å²) < 4.78 is 34.2. The first-order valence-corrected chi connectivity index (χ1v) is 13.7. The van der Waals surface area contributed by atoms with Crippen molar-refractivity contribution in [3.05, 3.63) is 88.9 Å². The van der Waals surface area contributed by atoms with E-state index < -0.39 is 22.7 Å². The number of hydrogen-bond donors (Lipinski definition) is 1.